The molecule has 0 aliphatic carbocycles. The second kappa shape index (κ2) is 8.37. The summed E-state index contributed by atoms with van der Waals surface area (Å²) in [6.45, 7) is 3.54. The van der Waals surface area contributed by atoms with Gasteiger partial charge < -0.3 is 15.2 Å². The highest BCUT2D eigenvalue weighted by molar-refractivity contribution is 8.00. The van der Waals surface area contributed by atoms with Crippen LogP contribution < -0.4 is 5.32 Å². The second-order valence-corrected chi connectivity index (χ2v) is 8.03. The molecule has 2 N–H and O–H groups in total. The van der Waals surface area contributed by atoms with Gasteiger partial charge in [0.2, 0.25) is 5.91 Å². The van der Waals surface area contributed by atoms with Gasteiger partial charge in [-0.2, -0.15) is 5.10 Å². The molecule has 1 saturated heterocycles. The molecule has 2 amide bonds. The number of aryl methyl sites for hydroxylation is 1. The normalized spacial score (nSPS) is 20.1. The molecule has 31 heavy (non-hydrogen) atoms. The number of β-lactam (4-membered cyclic amide) rings is 1. The lowest BCUT2D eigenvalue weighted by atomic mass is 10.0. The first-order valence-electron chi connectivity index (χ1n) is 9.04. The Balaban J connectivity index is 1.71. The summed E-state index contributed by atoms with van der Waals surface area (Å²) >= 11 is 1.23. The van der Waals surface area contributed by atoms with E-state index in [1.165, 1.54) is 37.2 Å². The fourth-order valence-corrected chi connectivity index (χ4v) is 4.77. The number of ether oxygens (including phenoxy) is 1. The van der Waals surface area contributed by atoms with Crippen LogP contribution in [0.3, 0.4) is 0 Å². The van der Waals surface area contributed by atoms with Gasteiger partial charge in [0, 0.05) is 18.2 Å². The Bertz CT molecular complexity index is 1030. The number of carboxylic acids is 1. The standard InChI is InChI=1S/C17H19N5O8S/c1-7-13(22(28)29)8(2)20(19-7)4-11(24)18-12-15(25)21-14(17(26)27)10(5-30-9(3)23)6-31-16(12)21/h12,16H,4-6H2,1-3H3,(H,18,24)(H,26,27)/t12-,16-/m1/s1. The summed E-state index contributed by atoms with van der Waals surface area (Å²) in [6, 6.07) is -0.950. The maximum Gasteiger partial charge on any atom is 0.352 e. The van der Waals surface area contributed by atoms with Gasteiger partial charge in [-0.25, -0.2) is 4.79 Å². The molecule has 2 aliphatic rings. The number of nitrogens with one attached hydrogen (secondary N) is 1. The van der Waals surface area contributed by atoms with Crippen molar-refractivity contribution in [3.05, 3.63) is 32.8 Å². The molecule has 0 bridgehead atoms. The lowest BCUT2D eigenvalue weighted by molar-refractivity contribution is -0.386. The number of aliphatic carboxylic acids is 1. The Labute approximate surface area is 179 Å². The number of fused-ring (bicyclic) bond motifs is 1. The van der Waals surface area contributed by atoms with Crippen LogP contribution in [0.15, 0.2) is 11.3 Å². The average Bonchev–Trinajstić information content (AvgIpc) is 2.96. The highest BCUT2D eigenvalue weighted by Crippen LogP contribution is 2.40. The number of thioether (sulfide) groups is 1. The predicted molar refractivity (Wildman–Crippen MR) is 105 cm³/mol. The molecule has 1 aromatic heterocycles. The van der Waals surface area contributed by atoms with Crippen molar-refractivity contribution in [1.82, 2.24) is 20.0 Å². The van der Waals surface area contributed by atoms with Gasteiger partial charge in [0.15, 0.2) is 0 Å². The maximum absolute atomic E-state index is 12.6. The van der Waals surface area contributed by atoms with Crippen molar-refractivity contribution < 1.29 is 33.9 Å². The van der Waals surface area contributed by atoms with E-state index in [9.17, 15) is 34.4 Å². The number of nitrogens with zero attached hydrogens (tertiary/aromatic N) is 4. The van der Waals surface area contributed by atoms with Crippen LogP contribution in [0.4, 0.5) is 5.69 Å². The average molecular weight is 453 g/mol. The fourth-order valence-electron chi connectivity index (χ4n) is 3.44. The molecule has 0 radical (unpaired) electrons. The molecule has 2 aliphatic heterocycles. The van der Waals surface area contributed by atoms with Gasteiger partial charge in [-0.1, -0.05) is 0 Å². The van der Waals surface area contributed by atoms with E-state index in [2.05, 4.69) is 10.4 Å². The van der Waals surface area contributed by atoms with Crippen molar-refractivity contribution in [3.63, 3.8) is 0 Å². The third kappa shape index (κ3) is 4.10. The molecule has 2 atom stereocenters. The monoisotopic (exact) mass is 453 g/mol. The summed E-state index contributed by atoms with van der Waals surface area (Å²) in [7, 11) is 0. The quantitative estimate of drug-likeness (QED) is 0.242. The van der Waals surface area contributed by atoms with Crippen LogP contribution in [-0.4, -0.2) is 72.2 Å². The third-order valence-corrected chi connectivity index (χ3v) is 6.17. The zero-order valence-electron chi connectivity index (χ0n) is 16.8. The van der Waals surface area contributed by atoms with Gasteiger partial charge in [-0.15, -0.1) is 11.8 Å². The molecule has 0 unspecified atom stereocenters. The zero-order valence-corrected chi connectivity index (χ0v) is 17.6. The van der Waals surface area contributed by atoms with E-state index in [4.69, 9.17) is 4.74 Å². The van der Waals surface area contributed by atoms with Crippen molar-refractivity contribution in [2.75, 3.05) is 12.4 Å². The SMILES string of the molecule is CC(=O)OCC1=C(C(=O)O)N2C(=O)[C@@H](NC(=O)Cn3nc(C)c([N+](=O)[O-])c3C)[C@H]2SC1. The Morgan fingerprint density at radius 1 is 1.39 bits per heavy atom. The largest absolute Gasteiger partial charge is 0.477 e. The minimum Gasteiger partial charge on any atom is -0.477 e. The first kappa shape index (κ1) is 22.3. The number of carbonyl (C=O) groups is 4. The molecule has 13 nitrogen and oxygen atoms in total. The number of amides is 2. The lowest BCUT2D eigenvalue weighted by Gasteiger charge is -2.49. The summed E-state index contributed by atoms with van der Waals surface area (Å²) in [5.74, 6) is -2.90. The van der Waals surface area contributed by atoms with E-state index >= 15 is 0 Å². The van der Waals surface area contributed by atoms with E-state index in [-0.39, 0.29) is 47.2 Å². The van der Waals surface area contributed by atoms with E-state index in [0.29, 0.717) is 0 Å². The predicted octanol–water partition coefficient (Wildman–Crippen LogP) is -0.290. The van der Waals surface area contributed by atoms with Gasteiger partial charge in [0.05, 0.1) is 4.92 Å². The number of hydrogen-bond donors (Lipinski definition) is 2. The van der Waals surface area contributed by atoms with Crippen LogP contribution in [0.25, 0.3) is 0 Å². The van der Waals surface area contributed by atoms with Crippen molar-refractivity contribution >= 4 is 41.2 Å². The van der Waals surface area contributed by atoms with Gasteiger partial charge >= 0.3 is 17.6 Å². The number of nitro groups is 1. The molecule has 0 aromatic carbocycles. The van der Waals surface area contributed by atoms with Gasteiger partial charge in [-0.05, 0) is 13.8 Å². The number of hydrogen-bond acceptors (Lipinski definition) is 9. The van der Waals surface area contributed by atoms with Gasteiger partial charge in [-0.3, -0.25) is 34.1 Å². The van der Waals surface area contributed by atoms with Crippen LogP contribution in [0.1, 0.15) is 18.3 Å². The minimum absolute atomic E-state index is 0.167. The highest BCUT2D eigenvalue weighted by Gasteiger charge is 2.54. The Kier molecular flexibility index (Phi) is 6.01. The number of aromatic nitrogens is 2. The Morgan fingerprint density at radius 2 is 2.06 bits per heavy atom. The van der Waals surface area contributed by atoms with Crippen LogP contribution in [0.2, 0.25) is 0 Å². The lowest BCUT2D eigenvalue weighted by Crippen LogP contribution is -2.70. The second-order valence-electron chi connectivity index (χ2n) is 6.93. The molecule has 0 saturated carbocycles. The minimum atomic E-state index is -1.33. The maximum atomic E-state index is 12.6. The van der Waals surface area contributed by atoms with E-state index in [1.807, 2.05) is 0 Å². The molecule has 1 fully saturated rings. The van der Waals surface area contributed by atoms with Crippen molar-refractivity contribution in [3.8, 4) is 0 Å². The first-order chi connectivity index (χ1) is 14.5. The number of esters is 1. The summed E-state index contributed by atoms with van der Waals surface area (Å²) < 4.78 is 6.04. The molecular formula is C17H19N5O8S. The smallest absolute Gasteiger partial charge is 0.352 e. The third-order valence-electron chi connectivity index (χ3n) is 4.84. The summed E-state index contributed by atoms with van der Waals surface area (Å²) in [6.07, 6.45) is 0. The molecule has 166 valence electrons. The van der Waals surface area contributed by atoms with Crippen LogP contribution in [0, 0.1) is 24.0 Å². The summed E-state index contributed by atoms with van der Waals surface area (Å²) in [5.41, 5.74) is 0.225. The number of carboxylic acid groups (broad SMARTS) is 1. The van der Waals surface area contributed by atoms with Crippen LogP contribution in [-0.2, 0) is 30.5 Å². The highest BCUT2D eigenvalue weighted by atomic mass is 32.2. The van der Waals surface area contributed by atoms with E-state index in [1.54, 1.807) is 0 Å². The molecule has 14 heteroatoms. The van der Waals surface area contributed by atoms with E-state index < -0.39 is 40.1 Å². The van der Waals surface area contributed by atoms with Crippen LogP contribution in [0.5, 0.6) is 0 Å². The molecule has 0 spiro atoms. The van der Waals surface area contributed by atoms with Crippen molar-refractivity contribution in [2.45, 2.75) is 38.7 Å². The van der Waals surface area contributed by atoms with Gasteiger partial charge in [0.25, 0.3) is 5.91 Å². The van der Waals surface area contributed by atoms with Crippen molar-refractivity contribution in [1.29, 1.82) is 0 Å². The number of carbonyl (C=O) groups excluding carboxylic acids is 3. The number of rotatable bonds is 7. The Morgan fingerprint density at radius 3 is 2.61 bits per heavy atom. The molecule has 3 heterocycles. The molecule has 1 aromatic rings. The van der Waals surface area contributed by atoms with Crippen molar-refractivity contribution in [2.24, 2.45) is 0 Å². The van der Waals surface area contributed by atoms with Crippen LogP contribution >= 0.6 is 11.8 Å². The summed E-state index contributed by atoms with van der Waals surface area (Å²) in [4.78, 5) is 59.3. The topological polar surface area (TPSA) is 174 Å². The first-order valence-corrected chi connectivity index (χ1v) is 10.1. The molecule has 3 rings (SSSR count). The summed E-state index contributed by atoms with van der Waals surface area (Å²) in [5, 5.41) is 26.5. The fraction of sp³-hybridized carbons (Fsp3) is 0.471. The van der Waals surface area contributed by atoms with E-state index in [0.717, 1.165) is 4.90 Å². The Hall–Kier alpha value is -3.42. The zero-order chi connectivity index (χ0) is 23.0. The van der Waals surface area contributed by atoms with Gasteiger partial charge in [0.1, 0.15) is 41.7 Å². The molecular weight excluding hydrogens is 434 g/mol.